The van der Waals surface area contributed by atoms with E-state index in [1.807, 2.05) is 0 Å². The lowest BCUT2D eigenvalue weighted by Gasteiger charge is -2.30. The van der Waals surface area contributed by atoms with Crippen molar-refractivity contribution in [3.8, 4) is 0 Å². The summed E-state index contributed by atoms with van der Waals surface area (Å²) in [4.78, 5) is 12.9. The normalized spacial score (nSPS) is 15.6. The summed E-state index contributed by atoms with van der Waals surface area (Å²) in [5.41, 5.74) is 0.231. The zero-order valence-electron chi connectivity index (χ0n) is 18.2. The molecule has 7 nitrogen and oxygen atoms in total. The number of nitrogens with one attached hydrogen (secondary N) is 1. The van der Waals surface area contributed by atoms with Crippen molar-refractivity contribution in [2.75, 3.05) is 19.3 Å². The lowest BCUT2D eigenvalue weighted by molar-refractivity contribution is 0.0953. The summed E-state index contributed by atoms with van der Waals surface area (Å²) in [6.45, 7) is 0.170. The van der Waals surface area contributed by atoms with E-state index in [4.69, 9.17) is 0 Å². The second-order valence-electron chi connectivity index (χ2n) is 8.08. The average Bonchev–Trinajstić information content (AvgIpc) is 2.82. The van der Waals surface area contributed by atoms with E-state index < -0.39 is 25.8 Å². The zero-order chi connectivity index (χ0) is 23.2. The van der Waals surface area contributed by atoms with Gasteiger partial charge in [-0.25, -0.2) is 16.8 Å². The van der Waals surface area contributed by atoms with Crippen LogP contribution in [0, 0.1) is 0 Å². The fourth-order valence-corrected chi connectivity index (χ4v) is 6.71. The van der Waals surface area contributed by atoms with Crippen LogP contribution < -0.4 is 5.32 Å². The number of nitrogens with zero attached hydrogens (tertiary/aromatic N) is 1. The Hall–Kier alpha value is -2.23. The van der Waals surface area contributed by atoms with E-state index in [0.29, 0.717) is 0 Å². The Bertz CT molecular complexity index is 1130. The molecule has 1 N–H and O–H groups in total. The number of hydrogen-bond acceptors (Lipinski definition) is 5. The number of carbonyl (C=O) groups excluding carboxylic acids is 1. The van der Waals surface area contributed by atoms with Gasteiger partial charge in [0.25, 0.3) is 5.91 Å². The van der Waals surface area contributed by atoms with Crippen LogP contribution in [0.25, 0.3) is 0 Å². The second kappa shape index (κ2) is 10.6. The fourth-order valence-electron chi connectivity index (χ4n) is 3.92. The molecule has 32 heavy (non-hydrogen) atoms. The molecule has 3 rings (SSSR count). The average molecular weight is 479 g/mol. The quantitative estimate of drug-likeness (QED) is 0.558. The van der Waals surface area contributed by atoms with Gasteiger partial charge in [0.1, 0.15) is 0 Å². The van der Waals surface area contributed by atoms with Gasteiger partial charge in [0.15, 0.2) is 9.84 Å². The predicted octanol–water partition coefficient (Wildman–Crippen LogP) is 3.23. The molecule has 0 bridgehead atoms. The van der Waals surface area contributed by atoms with Gasteiger partial charge in [-0.2, -0.15) is 4.31 Å². The van der Waals surface area contributed by atoms with Gasteiger partial charge < -0.3 is 5.32 Å². The summed E-state index contributed by atoms with van der Waals surface area (Å²) in [6, 6.07) is 14.1. The van der Waals surface area contributed by atoms with Gasteiger partial charge in [-0.3, -0.25) is 4.79 Å². The highest BCUT2D eigenvalue weighted by atomic mass is 32.2. The van der Waals surface area contributed by atoms with Crippen molar-refractivity contribution in [3.05, 3.63) is 60.2 Å². The van der Waals surface area contributed by atoms with Crippen molar-refractivity contribution in [1.29, 1.82) is 0 Å². The Balaban J connectivity index is 1.59. The van der Waals surface area contributed by atoms with E-state index in [0.717, 1.165) is 32.1 Å². The van der Waals surface area contributed by atoms with Gasteiger partial charge in [0.05, 0.1) is 15.5 Å². The van der Waals surface area contributed by atoms with Crippen LogP contribution in [0.4, 0.5) is 0 Å². The van der Waals surface area contributed by atoms with Crippen molar-refractivity contribution in [2.24, 2.45) is 0 Å². The topological polar surface area (TPSA) is 101 Å². The van der Waals surface area contributed by atoms with Crippen LogP contribution in [0.5, 0.6) is 0 Å². The highest BCUT2D eigenvalue weighted by Gasteiger charge is 2.29. The molecule has 0 saturated heterocycles. The van der Waals surface area contributed by atoms with E-state index in [1.165, 1.54) is 16.4 Å². The summed E-state index contributed by atoms with van der Waals surface area (Å²) in [7, 11) is -5.50. The van der Waals surface area contributed by atoms with Gasteiger partial charge in [0.2, 0.25) is 10.0 Å². The van der Waals surface area contributed by atoms with Crippen molar-refractivity contribution in [2.45, 2.75) is 54.4 Å². The van der Waals surface area contributed by atoms with Crippen LogP contribution >= 0.6 is 0 Å². The Morgan fingerprint density at radius 3 is 2.28 bits per heavy atom. The zero-order valence-corrected chi connectivity index (χ0v) is 19.9. The molecule has 0 aromatic heterocycles. The van der Waals surface area contributed by atoms with E-state index in [-0.39, 0.29) is 40.1 Å². The third-order valence-corrected chi connectivity index (χ3v) is 9.56. The Kier molecular flexibility index (Phi) is 8.08. The first-order chi connectivity index (χ1) is 15.2. The van der Waals surface area contributed by atoms with Crippen LogP contribution in [-0.4, -0.2) is 52.4 Å². The molecule has 0 heterocycles. The van der Waals surface area contributed by atoms with Crippen molar-refractivity contribution in [1.82, 2.24) is 9.62 Å². The predicted molar refractivity (Wildman–Crippen MR) is 124 cm³/mol. The molecule has 0 radical (unpaired) electrons. The molecule has 1 saturated carbocycles. The summed E-state index contributed by atoms with van der Waals surface area (Å²) >= 11 is 0. The molecule has 0 unspecified atom stereocenters. The Labute approximate surface area is 190 Å². The molecule has 1 aliphatic carbocycles. The first-order valence-electron chi connectivity index (χ1n) is 10.9. The van der Waals surface area contributed by atoms with Crippen LogP contribution in [0.1, 0.15) is 48.9 Å². The molecule has 1 amide bonds. The van der Waals surface area contributed by atoms with Crippen LogP contribution in [-0.2, 0) is 19.9 Å². The molecule has 1 fully saturated rings. The molecular formula is C23H30N2O5S2. The van der Waals surface area contributed by atoms with Crippen molar-refractivity contribution >= 4 is 25.8 Å². The first-order valence-corrected chi connectivity index (χ1v) is 14.0. The molecule has 0 atom stereocenters. The lowest BCUT2D eigenvalue weighted by atomic mass is 9.96. The highest BCUT2D eigenvalue weighted by molar-refractivity contribution is 7.91. The van der Waals surface area contributed by atoms with Gasteiger partial charge in [-0.1, -0.05) is 43.5 Å². The smallest absolute Gasteiger partial charge is 0.251 e. The largest absolute Gasteiger partial charge is 0.352 e. The number of rotatable bonds is 9. The van der Waals surface area contributed by atoms with Gasteiger partial charge in [0, 0.05) is 25.2 Å². The molecule has 174 valence electrons. The number of amides is 1. The first kappa shape index (κ1) is 24.4. The molecule has 0 spiro atoms. The third kappa shape index (κ3) is 5.96. The summed E-state index contributed by atoms with van der Waals surface area (Å²) in [5, 5.41) is 2.68. The number of sulfonamides is 1. The summed E-state index contributed by atoms with van der Waals surface area (Å²) in [5.74, 6) is -0.516. The van der Waals surface area contributed by atoms with Crippen LogP contribution in [0.15, 0.2) is 64.4 Å². The maximum absolute atomic E-state index is 13.0. The summed E-state index contributed by atoms with van der Waals surface area (Å²) in [6.07, 6.45) is 5.13. The minimum atomic E-state index is -3.70. The monoisotopic (exact) mass is 478 g/mol. The standard InChI is InChI=1S/C23H30N2O5S2/c1-25(20-11-4-2-5-12-20)32(29,30)22-15-8-10-19(18-22)23(26)24-16-9-17-31(27,28)21-13-6-3-7-14-21/h3,6-8,10,13-15,18,20H,2,4-5,9,11-12,16-17H2,1H3,(H,24,26). The molecule has 0 aliphatic heterocycles. The maximum Gasteiger partial charge on any atom is 0.251 e. The number of carbonyl (C=O) groups is 1. The maximum atomic E-state index is 13.0. The van der Waals surface area contributed by atoms with Crippen molar-refractivity contribution < 1.29 is 21.6 Å². The molecular weight excluding hydrogens is 448 g/mol. The Morgan fingerprint density at radius 1 is 0.938 bits per heavy atom. The third-order valence-electron chi connectivity index (χ3n) is 5.84. The minimum absolute atomic E-state index is 0.0159. The number of hydrogen-bond donors (Lipinski definition) is 1. The molecule has 2 aromatic carbocycles. The Morgan fingerprint density at radius 2 is 1.59 bits per heavy atom. The van der Waals surface area contributed by atoms with E-state index in [2.05, 4.69) is 5.32 Å². The van der Waals surface area contributed by atoms with Crippen LogP contribution in [0.2, 0.25) is 0 Å². The lowest BCUT2D eigenvalue weighted by Crippen LogP contribution is -2.38. The fraction of sp³-hybridized carbons (Fsp3) is 0.435. The highest BCUT2D eigenvalue weighted by Crippen LogP contribution is 2.26. The van der Waals surface area contributed by atoms with Crippen LogP contribution in [0.3, 0.4) is 0 Å². The summed E-state index contributed by atoms with van der Waals surface area (Å²) < 4.78 is 52.1. The van der Waals surface area contributed by atoms with E-state index in [1.54, 1.807) is 49.5 Å². The number of sulfone groups is 1. The van der Waals surface area contributed by atoms with Crippen molar-refractivity contribution in [3.63, 3.8) is 0 Å². The van der Waals surface area contributed by atoms with E-state index >= 15 is 0 Å². The molecule has 1 aliphatic rings. The second-order valence-corrected chi connectivity index (χ2v) is 12.2. The SMILES string of the molecule is CN(C1CCCCC1)S(=O)(=O)c1cccc(C(=O)NCCCS(=O)(=O)c2ccccc2)c1. The number of benzene rings is 2. The molecule has 9 heteroatoms. The minimum Gasteiger partial charge on any atom is -0.352 e. The van der Waals surface area contributed by atoms with Gasteiger partial charge in [-0.05, 0) is 49.6 Å². The molecule has 2 aromatic rings. The van der Waals surface area contributed by atoms with E-state index in [9.17, 15) is 21.6 Å². The van der Waals surface area contributed by atoms with Gasteiger partial charge >= 0.3 is 0 Å². The van der Waals surface area contributed by atoms with Gasteiger partial charge in [-0.15, -0.1) is 0 Å².